The van der Waals surface area contributed by atoms with Crippen LogP contribution in [0.3, 0.4) is 0 Å². The van der Waals surface area contributed by atoms with Crippen molar-refractivity contribution in [1.82, 2.24) is 15.1 Å². The number of carbonyl (C=O) groups excluding carboxylic acids is 2. The van der Waals surface area contributed by atoms with E-state index in [1.54, 1.807) is 9.58 Å². The molecule has 0 fully saturated rings. The molecule has 0 spiro atoms. The number of halogens is 3. The molecule has 1 atom stereocenters. The maximum absolute atomic E-state index is 12.7. The van der Waals surface area contributed by atoms with Crippen LogP contribution in [0.4, 0.5) is 18.9 Å². The van der Waals surface area contributed by atoms with Crippen molar-refractivity contribution in [3.8, 4) is 0 Å². The number of anilines is 1. The average Bonchev–Trinajstić information content (AvgIpc) is 3.02. The van der Waals surface area contributed by atoms with E-state index in [-0.39, 0.29) is 24.9 Å². The SMILES string of the molecule is C[C@H]1CN(c2ccc(C(F)(F)F)cc2)COCc2c(C(=O)NC=O)cnn21. The summed E-state index contributed by atoms with van der Waals surface area (Å²) in [5, 5.41) is 6.27. The van der Waals surface area contributed by atoms with Gasteiger partial charge >= 0.3 is 6.18 Å². The summed E-state index contributed by atoms with van der Waals surface area (Å²) in [7, 11) is 0. The maximum Gasteiger partial charge on any atom is 0.416 e. The van der Waals surface area contributed by atoms with E-state index in [1.165, 1.54) is 18.3 Å². The first-order valence-electron chi connectivity index (χ1n) is 8.12. The van der Waals surface area contributed by atoms with E-state index in [4.69, 9.17) is 4.74 Å². The highest BCUT2D eigenvalue weighted by Gasteiger charge is 2.30. The second kappa shape index (κ2) is 7.39. The number of fused-ring (bicyclic) bond motifs is 1. The number of hydrogen-bond donors (Lipinski definition) is 1. The predicted octanol–water partition coefficient (Wildman–Crippen LogP) is 2.34. The highest BCUT2D eigenvalue weighted by atomic mass is 19.4. The first-order valence-corrected chi connectivity index (χ1v) is 8.12. The van der Waals surface area contributed by atoms with Crippen LogP contribution in [0.15, 0.2) is 30.5 Å². The molecular formula is C17H17F3N4O3. The van der Waals surface area contributed by atoms with Gasteiger partial charge < -0.3 is 9.64 Å². The zero-order valence-electron chi connectivity index (χ0n) is 14.4. The van der Waals surface area contributed by atoms with Crippen molar-refractivity contribution in [2.45, 2.75) is 25.7 Å². The molecule has 0 unspecified atom stereocenters. The minimum absolute atomic E-state index is 0.0725. The van der Waals surface area contributed by atoms with Crippen LogP contribution in [0.25, 0.3) is 0 Å². The van der Waals surface area contributed by atoms with Gasteiger partial charge in [-0.25, -0.2) is 0 Å². The van der Waals surface area contributed by atoms with E-state index in [0.717, 1.165) is 12.1 Å². The summed E-state index contributed by atoms with van der Waals surface area (Å²) in [6.45, 7) is 2.49. The molecule has 2 amide bonds. The second-order valence-corrected chi connectivity index (χ2v) is 6.13. The highest BCUT2D eigenvalue weighted by Crippen LogP contribution is 2.31. The monoisotopic (exact) mass is 382 g/mol. The number of ether oxygens (including phenoxy) is 1. The third kappa shape index (κ3) is 3.95. The lowest BCUT2D eigenvalue weighted by Gasteiger charge is -2.31. The molecule has 0 radical (unpaired) electrons. The number of benzene rings is 1. The summed E-state index contributed by atoms with van der Waals surface area (Å²) in [5.41, 5.74) is 0.655. The quantitative estimate of drug-likeness (QED) is 0.825. The summed E-state index contributed by atoms with van der Waals surface area (Å²) in [6, 6.07) is 4.67. The summed E-state index contributed by atoms with van der Waals surface area (Å²) in [6.07, 6.45) is -2.73. The number of hydrogen-bond acceptors (Lipinski definition) is 5. The standard InChI is InChI=1S/C17H17F3N4O3/c1-11-7-23(13-4-2-12(3-5-13)17(18,19)20)10-27-8-15-14(6-22-24(11)15)16(26)21-9-25/h2-6,9,11H,7-8,10H2,1H3,(H,21,25,26)/t11-/m0/s1. The second-order valence-electron chi connectivity index (χ2n) is 6.13. The van der Waals surface area contributed by atoms with E-state index in [9.17, 15) is 22.8 Å². The van der Waals surface area contributed by atoms with Crippen molar-refractivity contribution < 1.29 is 27.5 Å². The van der Waals surface area contributed by atoms with E-state index in [0.29, 0.717) is 24.3 Å². The van der Waals surface area contributed by atoms with Gasteiger partial charge in [-0.2, -0.15) is 18.3 Å². The van der Waals surface area contributed by atoms with Gasteiger partial charge in [0.05, 0.1) is 35.7 Å². The molecule has 2 aromatic rings. The molecule has 0 saturated heterocycles. The molecule has 0 bridgehead atoms. The fourth-order valence-electron chi connectivity index (χ4n) is 2.97. The van der Waals surface area contributed by atoms with Gasteiger partial charge in [0.1, 0.15) is 6.73 Å². The van der Waals surface area contributed by atoms with Crippen LogP contribution in [0, 0.1) is 0 Å². The van der Waals surface area contributed by atoms with E-state index >= 15 is 0 Å². The number of nitrogens with one attached hydrogen (secondary N) is 1. The maximum atomic E-state index is 12.7. The molecule has 27 heavy (non-hydrogen) atoms. The zero-order chi connectivity index (χ0) is 19.6. The Labute approximate surface area is 152 Å². The van der Waals surface area contributed by atoms with Crippen molar-refractivity contribution in [2.24, 2.45) is 0 Å². The van der Waals surface area contributed by atoms with Crippen molar-refractivity contribution in [3.63, 3.8) is 0 Å². The van der Waals surface area contributed by atoms with Gasteiger partial charge in [-0.1, -0.05) is 0 Å². The first-order chi connectivity index (χ1) is 12.8. The van der Waals surface area contributed by atoms with Crippen molar-refractivity contribution in [3.05, 3.63) is 47.3 Å². The van der Waals surface area contributed by atoms with Gasteiger partial charge in [-0.05, 0) is 31.2 Å². The van der Waals surface area contributed by atoms with Gasteiger partial charge in [-0.3, -0.25) is 19.6 Å². The fraction of sp³-hybridized carbons (Fsp3) is 0.353. The van der Waals surface area contributed by atoms with Crippen LogP contribution in [0.2, 0.25) is 0 Å². The zero-order valence-corrected chi connectivity index (χ0v) is 14.4. The fourth-order valence-corrected chi connectivity index (χ4v) is 2.97. The molecule has 0 aliphatic carbocycles. The van der Waals surface area contributed by atoms with Gasteiger partial charge in [0.15, 0.2) is 0 Å². The first kappa shape index (κ1) is 18.9. The predicted molar refractivity (Wildman–Crippen MR) is 88.9 cm³/mol. The Morgan fingerprint density at radius 3 is 2.67 bits per heavy atom. The Morgan fingerprint density at radius 2 is 2.04 bits per heavy atom. The Balaban J connectivity index is 1.81. The van der Waals surface area contributed by atoms with Crippen LogP contribution < -0.4 is 10.2 Å². The molecule has 144 valence electrons. The largest absolute Gasteiger partial charge is 0.416 e. The lowest BCUT2D eigenvalue weighted by molar-refractivity contribution is -0.137. The van der Waals surface area contributed by atoms with Crippen molar-refractivity contribution in [1.29, 1.82) is 0 Å². The Morgan fingerprint density at radius 1 is 1.33 bits per heavy atom. The Hall–Kier alpha value is -2.88. The lowest BCUT2D eigenvalue weighted by atomic mass is 10.1. The van der Waals surface area contributed by atoms with Crippen LogP contribution in [-0.4, -0.2) is 35.4 Å². The van der Waals surface area contributed by atoms with Crippen LogP contribution in [-0.2, 0) is 22.3 Å². The van der Waals surface area contributed by atoms with Gasteiger partial charge in [0, 0.05) is 12.2 Å². The van der Waals surface area contributed by atoms with Crippen molar-refractivity contribution >= 4 is 18.0 Å². The molecular weight excluding hydrogens is 365 g/mol. The number of carbonyl (C=O) groups is 2. The van der Waals surface area contributed by atoms with Crippen LogP contribution >= 0.6 is 0 Å². The number of aromatic nitrogens is 2. The molecule has 1 aliphatic heterocycles. The highest BCUT2D eigenvalue weighted by molar-refractivity contribution is 6.00. The average molecular weight is 382 g/mol. The number of imide groups is 1. The van der Waals surface area contributed by atoms with Crippen LogP contribution in [0.5, 0.6) is 0 Å². The van der Waals surface area contributed by atoms with Gasteiger partial charge in [0.2, 0.25) is 6.41 Å². The number of nitrogens with zero attached hydrogens (tertiary/aromatic N) is 3. The third-order valence-corrected chi connectivity index (χ3v) is 4.28. The summed E-state index contributed by atoms with van der Waals surface area (Å²) < 4.78 is 45.4. The molecule has 1 N–H and O–H groups in total. The molecule has 1 aliphatic rings. The molecule has 1 aromatic carbocycles. The summed E-state index contributed by atoms with van der Waals surface area (Å²) in [4.78, 5) is 24.2. The number of rotatable bonds is 3. The molecule has 10 heteroatoms. The normalized spacial score (nSPS) is 17.6. The van der Waals surface area contributed by atoms with Gasteiger partial charge in [0.25, 0.3) is 5.91 Å². The van der Waals surface area contributed by atoms with Crippen LogP contribution in [0.1, 0.15) is 34.6 Å². The van der Waals surface area contributed by atoms with E-state index < -0.39 is 17.6 Å². The van der Waals surface area contributed by atoms with Crippen molar-refractivity contribution in [2.75, 3.05) is 18.2 Å². The summed E-state index contributed by atoms with van der Waals surface area (Å²) >= 11 is 0. The van der Waals surface area contributed by atoms with Gasteiger partial charge in [-0.15, -0.1) is 0 Å². The molecule has 3 rings (SSSR count). The molecule has 1 aromatic heterocycles. The number of alkyl halides is 3. The topological polar surface area (TPSA) is 76.5 Å². The van der Waals surface area contributed by atoms with E-state index in [2.05, 4.69) is 10.4 Å². The molecule has 2 heterocycles. The molecule has 7 nitrogen and oxygen atoms in total. The third-order valence-electron chi connectivity index (χ3n) is 4.28. The minimum Gasteiger partial charge on any atom is -0.355 e. The minimum atomic E-state index is -4.39. The summed E-state index contributed by atoms with van der Waals surface area (Å²) in [5.74, 6) is -0.567. The molecule has 0 saturated carbocycles. The Kier molecular flexibility index (Phi) is 5.17. The smallest absolute Gasteiger partial charge is 0.355 e. The Bertz CT molecular complexity index is 833. The number of amides is 2. The van der Waals surface area contributed by atoms with E-state index in [1.807, 2.05) is 6.92 Å². The lowest BCUT2D eigenvalue weighted by Crippen LogP contribution is -2.35.